The third-order valence-electron chi connectivity index (χ3n) is 1.88. The second-order valence-electron chi connectivity index (χ2n) is 2.96. The van der Waals surface area contributed by atoms with Gasteiger partial charge in [-0.25, -0.2) is 0 Å². The zero-order valence-corrected chi connectivity index (χ0v) is 8.75. The fourth-order valence-electron chi connectivity index (χ4n) is 1.13. The molecular formula is C13H8OS. The normalized spacial score (nSPS) is 9.07. The molecule has 0 unspecified atom stereocenters. The van der Waals surface area contributed by atoms with E-state index in [0.717, 1.165) is 5.56 Å². The molecule has 1 aromatic heterocycles. The van der Waals surface area contributed by atoms with Crippen LogP contribution in [0.3, 0.4) is 0 Å². The van der Waals surface area contributed by atoms with Gasteiger partial charge in [0, 0.05) is 16.5 Å². The Bertz CT molecular complexity index is 500. The highest BCUT2D eigenvalue weighted by Crippen LogP contribution is 2.04. The first-order valence-corrected chi connectivity index (χ1v) is 5.44. The summed E-state index contributed by atoms with van der Waals surface area (Å²) < 4.78 is 0. The van der Waals surface area contributed by atoms with Gasteiger partial charge >= 0.3 is 0 Å². The molecule has 1 aromatic carbocycles. The van der Waals surface area contributed by atoms with Crippen LogP contribution in [0.15, 0.2) is 47.2 Å². The van der Waals surface area contributed by atoms with E-state index in [2.05, 4.69) is 11.8 Å². The number of carbonyl (C=O) groups is 1. The van der Waals surface area contributed by atoms with Crippen molar-refractivity contribution >= 4 is 17.1 Å². The predicted octanol–water partition coefficient (Wildman–Crippen LogP) is 2.98. The Balaban J connectivity index is 2.17. The number of rotatable bonds is 1. The quantitative estimate of drug-likeness (QED) is 0.524. The number of benzene rings is 1. The molecule has 72 valence electrons. The lowest BCUT2D eigenvalue weighted by molar-refractivity contribution is 0.105. The minimum Gasteiger partial charge on any atom is -0.279 e. The summed E-state index contributed by atoms with van der Waals surface area (Å²) in [7, 11) is 0. The molecule has 0 aliphatic heterocycles. The Kier molecular flexibility index (Phi) is 2.96. The van der Waals surface area contributed by atoms with E-state index in [4.69, 9.17) is 0 Å². The average Bonchev–Trinajstić information content (AvgIpc) is 2.80. The van der Waals surface area contributed by atoms with Gasteiger partial charge in [0.1, 0.15) is 0 Å². The van der Waals surface area contributed by atoms with Crippen molar-refractivity contribution in [2.24, 2.45) is 0 Å². The molecule has 0 aliphatic carbocycles. The molecule has 0 N–H and O–H groups in total. The molecule has 0 fully saturated rings. The number of hydrogen-bond acceptors (Lipinski definition) is 2. The van der Waals surface area contributed by atoms with Crippen molar-refractivity contribution < 1.29 is 4.79 Å². The standard InChI is InChI=1S/C13H8OS/c14-13(12-4-2-1-3-5-12)7-6-11-8-9-15-10-11/h1-5,8-10H. The lowest BCUT2D eigenvalue weighted by Crippen LogP contribution is -1.93. The maximum Gasteiger partial charge on any atom is 0.236 e. The largest absolute Gasteiger partial charge is 0.279 e. The summed E-state index contributed by atoms with van der Waals surface area (Å²) in [6, 6.07) is 11.0. The van der Waals surface area contributed by atoms with Crippen LogP contribution >= 0.6 is 11.3 Å². The molecule has 0 aliphatic rings. The molecule has 0 amide bonds. The highest BCUT2D eigenvalue weighted by Gasteiger charge is 1.98. The second-order valence-corrected chi connectivity index (χ2v) is 3.74. The molecule has 0 bridgehead atoms. The summed E-state index contributed by atoms with van der Waals surface area (Å²) in [5, 5.41) is 3.86. The van der Waals surface area contributed by atoms with Crippen molar-refractivity contribution in [2.75, 3.05) is 0 Å². The smallest absolute Gasteiger partial charge is 0.236 e. The predicted molar refractivity (Wildman–Crippen MR) is 62.0 cm³/mol. The zero-order chi connectivity index (χ0) is 10.5. The molecule has 2 heteroatoms. The van der Waals surface area contributed by atoms with Crippen LogP contribution in [0.4, 0.5) is 0 Å². The van der Waals surface area contributed by atoms with Gasteiger partial charge in [0.2, 0.25) is 5.78 Å². The molecular weight excluding hydrogens is 204 g/mol. The van der Waals surface area contributed by atoms with Crippen LogP contribution in [0.1, 0.15) is 15.9 Å². The fraction of sp³-hybridized carbons (Fsp3) is 0. The van der Waals surface area contributed by atoms with Gasteiger partial charge in [-0.1, -0.05) is 36.3 Å². The van der Waals surface area contributed by atoms with Gasteiger partial charge in [0.15, 0.2) is 0 Å². The molecule has 0 radical (unpaired) electrons. The number of ketones is 1. The van der Waals surface area contributed by atoms with Gasteiger partial charge in [-0.05, 0) is 17.4 Å². The fourth-order valence-corrected chi connectivity index (χ4v) is 1.71. The van der Waals surface area contributed by atoms with Gasteiger partial charge in [-0.2, -0.15) is 11.3 Å². The maximum atomic E-state index is 11.6. The first-order valence-electron chi connectivity index (χ1n) is 4.50. The van der Waals surface area contributed by atoms with E-state index in [9.17, 15) is 4.79 Å². The van der Waals surface area contributed by atoms with Gasteiger partial charge in [-0.3, -0.25) is 4.79 Å². The van der Waals surface area contributed by atoms with Crippen LogP contribution in [-0.2, 0) is 0 Å². The van der Waals surface area contributed by atoms with Crippen LogP contribution in [0.2, 0.25) is 0 Å². The Morgan fingerprint density at radius 1 is 1.13 bits per heavy atom. The molecule has 0 saturated carbocycles. The number of hydrogen-bond donors (Lipinski definition) is 0. The summed E-state index contributed by atoms with van der Waals surface area (Å²) in [6.45, 7) is 0. The summed E-state index contributed by atoms with van der Waals surface area (Å²) in [6.07, 6.45) is 0. The minimum absolute atomic E-state index is 0.137. The second kappa shape index (κ2) is 4.59. The number of Topliss-reactive ketones (excluding diaryl/α,β-unsaturated/α-hetero) is 1. The maximum absolute atomic E-state index is 11.6. The van der Waals surface area contributed by atoms with Crippen LogP contribution in [0.5, 0.6) is 0 Å². The van der Waals surface area contributed by atoms with E-state index in [1.165, 1.54) is 0 Å². The Morgan fingerprint density at radius 2 is 1.93 bits per heavy atom. The van der Waals surface area contributed by atoms with Crippen molar-refractivity contribution in [2.45, 2.75) is 0 Å². The zero-order valence-electron chi connectivity index (χ0n) is 7.94. The van der Waals surface area contributed by atoms with Crippen LogP contribution in [-0.4, -0.2) is 5.78 Å². The van der Waals surface area contributed by atoms with E-state index in [1.807, 2.05) is 35.0 Å². The van der Waals surface area contributed by atoms with E-state index in [0.29, 0.717) is 5.56 Å². The van der Waals surface area contributed by atoms with E-state index < -0.39 is 0 Å². The van der Waals surface area contributed by atoms with Gasteiger partial charge in [-0.15, -0.1) is 0 Å². The van der Waals surface area contributed by atoms with Crippen molar-refractivity contribution in [3.63, 3.8) is 0 Å². The third kappa shape index (κ3) is 2.55. The molecule has 2 rings (SSSR count). The van der Waals surface area contributed by atoms with Crippen molar-refractivity contribution in [3.05, 3.63) is 58.3 Å². The lowest BCUT2D eigenvalue weighted by atomic mass is 10.1. The topological polar surface area (TPSA) is 17.1 Å². The first-order chi connectivity index (χ1) is 7.36. The SMILES string of the molecule is O=C(C#Cc1ccsc1)c1ccccc1. The monoisotopic (exact) mass is 212 g/mol. The molecule has 0 atom stereocenters. The first kappa shape index (κ1) is 9.70. The van der Waals surface area contributed by atoms with Gasteiger partial charge < -0.3 is 0 Å². The molecule has 15 heavy (non-hydrogen) atoms. The summed E-state index contributed by atoms with van der Waals surface area (Å²) >= 11 is 1.57. The molecule has 0 spiro atoms. The lowest BCUT2D eigenvalue weighted by Gasteiger charge is -1.90. The minimum atomic E-state index is -0.137. The van der Waals surface area contributed by atoms with Crippen LogP contribution in [0.25, 0.3) is 0 Å². The molecule has 2 aromatic rings. The Morgan fingerprint density at radius 3 is 2.60 bits per heavy atom. The average molecular weight is 212 g/mol. The van der Waals surface area contributed by atoms with Gasteiger partial charge in [0.25, 0.3) is 0 Å². The van der Waals surface area contributed by atoms with Crippen LogP contribution in [0, 0.1) is 11.8 Å². The molecule has 1 heterocycles. The highest BCUT2D eigenvalue weighted by atomic mass is 32.1. The van der Waals surface area contributed by atoms with Crippen molar-refractivity contribution in [3.8, 4) is 11.8 Å². The van der Waals surface area contributed by atoms with Crippen LogP contribution < -0.4 is 0 Å². The number of carbonyl (C=O) groups excluding carboxylic acids is 1. The Labute approximate surface area is 92.4 Å². The Hall–Kier alpha value is -1.85. The summed E-state index contributed by atoms with van der Waals surface area (Å²) in [5.41, 5.74) is 1.53. The number of thiophene rings is 1. The third-order valence-corrected chi connectivity index (χ3v) is 2.56. The summed E-state index contributed by atoms with van der Waals surface area (Å²) in [4.78, 5) is 11.6. The van der Waals surface area contributed by atoms with Crippen molar-refractivity contribution in [1.82, 2.24) is 0 Å². The van der Waals surface area contributed by atoms with E-state index >= 15 is 0 Å². The highest BCUT2D eigenvalue weighted by molar-refractivity contribution is 7.08. The molecule has 0 saturated heterocycles. The molecule has 1 nitrogen and oxygen atoms in total. The summed E-state index contributed by atoms with van der Waals surface area (Å²) in [5.74, 6) is 5.32. The van der Waals surface area contributed by atoms with E-state index in [-0.39, 0.29) is 5.78 Å². The van der Waals surface area contributed by atoms with Crippen molar-refractivity contribution in [1.29, 1.82) is 0 Å². The van der Waals surface area contributed by atoms with E-state index in [1.54, 1.807) is 23.5 Å². The van der Waals surface area contributed by atoms with Gasteiger partial charge in [0.05, 0.1) is 0 Å².